The summed E-state index contributed by atoms with van der Waals surface area (Å²) in [7, 11) is 0. The molecule has 0 saturated heterocycles. The van der Waals surface area contributed by atoms with Gasteiger partial charge in [-0.3, -0.25) is 0 Å². The van der Waals surface area contributed by atoms with E-state index in [9.17, 15) is 0 Å². The summed E-state index contributed by atoms with van der Waals surface area (Å²) in [5.74, 6) is 4.65. The molecule has 2 N–H and O–H groups in total. The van der Waals surface area contributed by atoms with Crippen LogP contribution in [0.1, 0.15) is 124 Å². The predicted octanol–water partition coefficient (Wildman–Crippen LogP) is 18.6. The van der Waals surface area contributed by atoms with Crippen LogP contribution in [0.2, 0.25) is 0 Å². The normalized spacial score (nSPS) is 11.7. The van der Waals surface area contributed by atoms with Gasteiger partial charge in [0.2, 0.25) is 0 Å². The highest BCUT2D eigenvalue weighted by molar-refractivity contribution is 6.07. The Labute approximate surface area is 514 Å². The van der Waals surface area contributed by atoms with Gasteiger partial charge in [-0.1, -0.05) is 150 Å². The molecule has 11 aromatic rings. The molecule has 0 aliphatic carbocycles. The van der Waals surface area contributed by atoms with Crippen molar-refractivity contribution in [3.05, 3.63) is 214 Å². The van der Waals surface area contributed by atoms with E-state index in [0.29, 0.717) is 95.3 Å². The van der Waals surface area contributed by atoms with Crippen LogP contribution in [0.5, 0.6) is 23.0 Å². The predicted molar refractivity (Wildman–Crippen MR) is 354 cm³/mol. The van der Waals surface area contributed by atoms with E-state index in [4.69, 9.17) is 48.9 Å². The second kappa shape index (κ2) is 26.5. The number of aryl methyl sites for hydroxylation is 4. The number of nitrogens with one attached hydrogen (secondary N) is 2. The maximum absolute atomic E-state index is 6.54. The SMILES string of the molecule is CCCCc1ccc(COc2ccc3c(c2)-c2nc-3nc3[nH]c(nc4nc(nc5[nH]c(n2)c2ccc(OCc6ccc(CCCC)cc6)cc52)-c2ccc(OCc5ccc(CCCC)cc5)cc2-4)c2ccc(OCc4ccc(CCCC)cc4)cc32)cc1. The Balaban J connectivity index is 0.947. The molecule has 3 aromatic heterocycles. The average Bonchev–Trinajstić information content (AvgIpc) is 4.49. The quantitative estimate of drug-likeness (QED) is 0.0599. The molecule has 12 nitrogen and oxygen atoms in total. The second-order valence-corrected chi connectivity index (χ2v) is 23.3. The highest BCUT2D eigenvalue weighted by Crippen LogP contribution is 2.41. The highest BCUT2D eigenvalue weighted by Gasteiger charge is 2.24. The molecule has 12 heteroatoms. The number of aromatic amines is 2. The van der Waals surface area contributed by atoms with Crippen molar-refractivity contribution in [3.63, 3.8) is 0 Å². The van der Waals surface area contributed by atoms with E-state index in [-0.39, 0.29) is 0 Å². The summed E-state index contributed by atoms with van der Waals surface area (Å²) in [5.41, 5.74) is 15.1. The molecule has 0 saturated carbocycles. The molecule has 0 unspecified atom stereocenters. The molecule has 13 rings (SSSR count). The number of benzene rings is 8. The number of ether oxygens (including phenoxy) is 4. The van der Waals surface area contributed by atoms with Crippen LogP contribution >= 0.6 is 0 Å². The summed E-state index contributed by atoms with van der Waals surface area (Å²) in [6.07, 6.45) is 13.6. The summed E-state index contributed by atoms with van der Waals surface area (Å²) in [6.45, 7) is 10.5. The molecule has 5 heterocycles. The largest absolute Gasteiger partial charge is 0.489 e. The first-order valence-electron chi connectivity index (χ1n) is 31.5. The van der Waals surface area contributed by atoms with Crippen LogP contribution in [0.15, 0.2) is 170 Å². The number of H-pyrrole nitrogens is 2. The van der Waals surface area contributed by atoms with Gasteiger partial charge >= 0.3 is 0 Å². The van der Waals surface area contributed by atoms with Crippen molar-refractivity contribution >= 4 is 44.1 Å². The van der Waals surface area contributed by atoms with Crippen molar-refractivity contribution in [1.82, 2.24) is 39.9 Å². The molecule has 0 spiro atoms. The summed E-state index contributed by atoms with van der Waals surface area (Å²) < 4.78 is 26.2. The van der Waals surface area contributed by atoms with E-state index in [2.05, 4.69) is 135 Å². The fourth-order valence-corrected chi connectivity index (χ4v) is 11.5. The average molecular weight is 1160 g/mol. The van der Waals surface area contributed by atoms with Gasteiger partial charge in [-0.25, -0.2) is 29.9 Å². The number of nitrogens with zero attached hydrogens (tertiary/aromatic N) is 6. The van der Waals surface area contributed by atoms with Crippen LogP contribution in [-0.2, 0) is 52.1 Å². The van der Waals surface area contributed by atoms with E-state index < -0.39 is 0 Å². The van der Waals surface area contributed by atoms with Gasteiger partial charge in [0.25, 0.3) is 0 Å². The summed E-state index contributed by atoms with van der Waals surface area (Å²) in [5, 5.41) is 3.26. The third-order valence-corrected chi connectivity index (χ3v) is 16.7. The lowest BCUT2D eigenvalue weighted by Crippen LogP contribution is -1.96. The van der Waals surface area contributed by atoms with Gasteiger partial charge < -0.3 is 28.9 Å². The number of rotatable bonds is 24. The van der Waals surface area contributed by atoms with Crippen LogP contribution < -0.4 is 18.9 Å². The van der Waals surface area contributed by atoms with Crippen LogP contribution in [0.4, 0.5) is 0 Å². The Bertz CT molecular complexity index is 4160. The van der Waals surface area contributed by atoms with Crippen LogP contribution in [0, 0.1) is 0 Å². The van der Waals surface area contributed by atoms with Gasteiger partial charge in [-0.2, -0.15) is 0 Å². The molecule has 2 aliphatic rings. The molecule has 442 valence electrons. The first-order valence-corrected chi connectivity index (χ1v) is 31.5. The van der Waals surface area contributed by atoms with E-state index >= 15 is 0 Å². The molecule has 0 atom stereocenters. The second-order valence-electron chi connectivity index (χ2n) is 23.3. The third kappa shape index (κ3) is 13.0. The molecular weight excluding hydrogens is 1090 g/mol. The third-order valence-electron chi connectivity index (χ3n) is 16.7. The fourth-order valence-electron chi connectivity index (χ4n) is 11.5. The van der Waals surface area contributed by atoms with Gasteiger partial charge in [0.1, 0.15) is 72.0 Å². The molecule has 88 heavy (non-hydrogen) atoms. The Morgan fingerprint density at radius 1 is 0.261 bits per heavy atom. The molecular formula is C76H74N8O4. The zero-order valence-corrected chi connectivity index (χ0v) is 50.8. The number of hydrogen-bond acceptors (Lipinski definition) is 10. The van der Waals surface area contributed by atoms with Crippen molar-refractivity contribution in [2.24, 2.45) is 0 Å². The van der Waals surface area contributed by atoms with Crippen molar-refractivity contribution < 1.29 is 18.9 Å². The zero-order valence-electron chi connectivity index (χ0n) is 50.8. The Hall–Kier alpha value is -9.68. The van der Waals surface area contributed by atoms with E-state index in [0.717, 1.165) is 117 Å². The van der Waals surface area contributed by atoms with Gasteiger partial charge in [0, 0.05) is 43.8 Å². The summed E-state index contributed by atoms with van der Waals surface area (Å²) in [4.78, 5) is 39.4. The first kappa shape index (κ1) is 57.4. The minimum Gasteiger partial charge on any atom is -0.489 e. The van der Waals surface area contributed by atoms with Crippen LogP contribution in [-0.4, -0.2) is 39.9 Å². The van der Waals surface area contributed by atoms with Crippen LogP contribution in [0.3, 0.4) is 0 Å². The van der Waals surface area contributed by atoms with E-state index in [1.54, 1.807) is 0 Å². The number of hydrogen-bond donors (Lipinski definition) is 2. The summed E-state index contributed by atoms with van der Waals surface area (Å²) >= 11 is 0. The molecule has 2 aliphatic heterocycles. The number of fused-ring (bicyclic) bond motifs is 20. The lowest BCUT2D eigenvalue weighted by molar-refractivity contribution is 0.306. The molecule has 8 bridgehead atoms. The van der Waals surface area contributed by atoms with E-state index in [1.165, 1.54) is 47.9 Å². The smallest absolute Gasteiger partial charge is 0.164 e. The van der Waals surface area contributed by atoms with Crippen molar-refractivity contribution in [2.45, 2.75) is 131 Å². The zero-order chi connectivity index (χ0) is 59.8. The van der Waals surface area contributed by atoms with Crippen LogP contribution in [0.25, 0.3) is 89.7 Å². The standard InChI is InChI=1S/C76H74N8O4/c1-5-9-13-49-17-25-53(26-18-49)45-85-57-33-37-61-65(41-57)73-77-69(61)82-74-67-43-59(87-47-55-29-21-51(22-30-55)15-11-7-3)35-39-63(67)71(79-74)84-76-68-44-60(88-48-56-31-23-52(24-32-56)16-12-8-4)36-40-64(68)72(80-76)83-75-66-42-58(34-38-62(66)70(78-75)81-73)86-46-54-27-19-50(20-28-54)14-10-6-2/h17-44H,5-16,45-48H2,1-4H3,(H2,77,78,79,80,81,82,83,84). The van der Waals surface area contributed by atoms with E-state index in [1.807, 2.05) is 72.8 Å². The monoisotopic (exact) mass is 1160 g/mol. The van der Waals surface area contributed by atoms with Crippen molar-refractivity contribution in [1.29, 1.82) is 0 Å². The van der Waals surface area contributed by atoms with Gasteiger partial charge in [0.05, 0.1) is 0 Å². The maximum Gasteiger partial charge on any atom is 0.164 e. The number of unbranched alkanes of at least 4 members (excludes halogenated alkanes) is 4. The molecule has 0 radical (unpaired) electrons. The van der Waals surface area contributed by atoms with Crippen molar-refractivity contribution in [3.8, 4) is 68.5 Å². The maximum atomic E-state index is 6.54. The number of aromatic nitrogens is 8. The minimum atomic E-state index is 0.404. The highest BCUT2D eigenvalue weighted by atomic mass is 16.5. The van der Waals surface area contributed by atoms with Gasteiger partial charge in [-0.05, 0) is 169 Å². The molecule has 0 fully saturated rings. The first-order chi connectivity index (χ1) is 43.3. The molecule has 0 amide bonds. The fraction of sp³-hybridized carbons (Fsp3) is 0.263. The Kier molecular flexibility index (Phi) is 17.3. The minimum absolute atomic E-state index is 0.404. The lowest BCUT2D eigenvalue weighted by Gasteiger charge is -2.09. The van der Waals surface area contributed by atoms with Crippen molar-refractivity contribution in [2.75, 3.05) is 0 Å². The van der Waals surface area contributed by atoms with Gasteiger partial charge in [0.15, 0.2) is 23.3 Å². The Morgan fingerprint density at radius 3 is 0.830 bits per heavy atom. The summed E-state index contributed by atoms with van der Waals surface area (Å²) in [6, 6.07) is 59.0. The lowest BCUT2D eigenvalue weighted by atomic mass is 10.1. The Morgan fingerprint density at radius 2 is 0.523 bits per heavy atom. The topological polar surface area (TPSA) is 146 Å². The molecule has 8 aromatic carbocycles. The van der Waals surface area contributed by atoms with Gasteiger partial charge in [-0.15, -0.1) is 0 Å².